The number of benzene rings is 2. The highest BCUT2D eigenvalue weighted by Gasteiger charge is 2.23. The normalized spacial score (nSPS) is 15.0. The predicted molar refractivity (Wildman–Crippen MR) is 101 cm³/mol. The maximum absolute atomic E-state index is 12.4. The number of aryl methyl sites for hydroxylation is 1. The summed E-state index contributed by atoms with van der Waals surface area (Å²) < 4.78 is 5.20. The van der Waals surface area contributed by atoms with Crippen LogP contribution in [0, 0.1) is 12.8 Å². The van der Waals surface area contributed by atoms with Crippen molar-refractivity contribution in [3.05, 3.63) is 59.7 Å². The molecular weight excluding hydrogens is 312 g/mol. The molecule has 1 N–H and O–H groups in total. The molecule has 2 aromatic rings. The molecule has 0 unspecified atom stereocenters. The maximum atomic E-state index is 12.4. The van der Waals surface area contributed by atoms with Crippen LogP contribution in [-0.2, 0) is 6.42 Å². The molecule has 25 heavy (non-hydrogen) atoms. The molecule has 1 saturated heterocycles. The lowest BCUT2D eigenvalue weighted by Crippen LogP contribution is -2.41. The van der Waals surface area contributed by atoms with Crippen molar-refractivity contribution < 1.29 is 9.53 Å². The molecule has 132 valence electrons. The van der Waals surface area contributed by atoms with Gasteiger partial charge in [-0.3, -0.25) is 0 Å². The van der Waals surface area contributed by atoms with Crippen LogP contribution in [0.1, 0.15) is 24.0 Å². The molecule has 2 aromatic carbocycles. The second-order valence-corrected chi connectivity index (χ2v) is 6.78. The van der Waals surface area contributed by atoms with E-state index in [9.17, 15) is 4.79 Å². The van der Waals surface area contributed by atoms with Crippen molar-refractivity contribution in [3.8, 4) is 5.75 Å². The van der Waals surface area contributed by atoms with E-state index in [4.69, 9.17) is 4.74 Å². The molecule has 3 rings (SSSR count). The van der Waals surface area contributed by atoms with E-state index in [1.165, 1.54) is 11.1 Å². The molecule has 1 fully saturated rings. The zero-order chi connectivity index (χ0) is 17.6. The highest BCUT2D eigenvalue weighted by molar-refractivity contribution is 5.89. The number of anilines is 1. The Hall–Kier alpha value is -2.49. The Morgan fingerprint density at radius 1 is 1.08 bits per heavy atom. The highest BCUT2D eigenvalue weighted by Crippen LogP contribution is 2.23. The molecule has 4 nitrogen and oxygen atoms in total. The minimum atomic E-state index is 0.00625. The van der Waals surface area contributed by atoms with E-state index in [0.29, 0.717) is 5.92 Å². The Bertz CT molecular complexity index is 687. The van der Waals surface area contributed by atoms with E-state index >= 15 is 0 Å². The van der Waals surface area contributed by atoms with Crippen LogP contribution < -0.4 is 10.1 Å². The van der Waals surface area contributed by atoms with Crippen LogP contribution in [0.15, 0.2) is 48.5 Å². The molecule has 2 amide bonds. The van der Waals surface area contributed by atoms with Crippen LogP contribution in [0.25, 0.3) is 0 Å². The van der Waals surface area contributed by atoms with Crippen molar-refractivity contribution >= 4 is 11.7 Å². The monoisotopic (exact) mass is 338 g/mol. The van der Waals surface area contributed by atoms with Crippen molar-refractivity contribution in [1.29, 1.82) is 0 Å². The predicted octanol–water partition coefficient (Wildman–Crippen LogP) is 4.49. The summed E-state index contributed by atoms with van der Waals surface area (Å²) in [5.41, 5.74) is 3.39. The third-order valence-electron chi connectivity index (χ3n) is 4.89. The molecule has 0 aromatic heterocycles. The second-order valence-electron chi connectivity index (χ2n) is 6.78. The summed E-state index contributed by atoms with van der Waals surface area (Å²) in [6.45, 7) is 3.68. The standard InChI is InChI=1S/C21H26N2O2/c1-16-3-7-19(8-4-16)22-21(24)23-13-11-18(12-14-23)15-17-5-9-20(25-2)10-6-17/h3-10,18H,11-15H2,1-2H3,(H,22,24). The third-order valence-corrected chi connectivity index (χ3v) is 4.89. The van der Waals surface area contributed by atoms with Gasteiger partial charge >= 0.3 is 6.03 Å². The van der Waals surface area contributed by atoms with Crippen molar-refractivity contribution in [3.63, 3.8) is 0 Å². The molecule has 1 heterocycles. The number of hydrogen-bond donors (Lipinski definition) is 1. The third kappa shape index (κ3) is 4.75. The van der Waals surface area contributed by atoms with Gasteiger partial charge in [-0.05, 0) is 61.9 Å². The van der Waals surface area contributed by atoms with E-state index in [1.54, 1.807) is 7.11 Å². The number of urea groups is 1. The number of nitrogens with one attached hydrogen (secondary N) is 1. The number of nitrogens with zero attached hydrogens (tertiary/aromatic N) is 1. The number of rotatable bonds is 4. The lowest BCUT2D eigenvalue weighted by atomic mass is 9.90. The highest BCUT2D eigenvalue weighted by atomic mass is 16.5. The molecule has 1 aliphatic heterocycles. The molecule has 0 radical (unpaired) electrons. The van der Waals surface area contributed by atoms with Crippen LogP contribution in [0.4, 0.5) is 10.5 Å². The summed E-state index contributed by atoms with van der Waals surface area (Å²) in [5.74, 6) is 1.53. The van der Waals surface area contributed by atoms with Crippen molar-refractivity contribution in [2.45, 2.75) is 26.2 Å². The topological polar surface area (TPSA) is 41.6 Å². The molecule has 4 heteroatoms. The molecule has 0 bridgehead atoms. The van der Waals surface area contributed by atoms with E-state index < -0.39 is 0 Å². The van der Waals surface area contributed by atoms with Gasteiger partial charge < -0.3 is 15.0 Å². The number of likely N-dealkylation sites (tertiary alicyclic amines) is 1. The SMILES string of the molecule is COc1ccc(CC2CCN(C(=O)Nc3ccc(C)cc3)CC2)cc1. The summed E-state index contributed by atoms with van der Waals surface area (Å²) in [4.78, 5) is 14.3. The Morgan fingerprint density at radius 2 is 1.72 bits per heavy atom. The number of amides is 2. The minimum absolute atomic E-state index is 0.00625. The summed E-state index contributed by atoms with van der Waals surface area (Å²) in [6.07, 6.45) is 3.16. The minimum Gasteiger partial charge on any atom is -0.497 e. The number of methoxy groups -OCH3 is 1. The molecule has 0 aliphatic carbocycles. The average Bonchev–Trinajstić information content (AvgIpc) is 2.65. The van der Waals surface area contributed by atoms with Gasteiger partial charge in [-0.25, -0.2) is 4.79 Å². The first kappa shape index (κ1) is 17.3. The van der Waals surface area contributed by atoms with E-state index in [2.05, 4.69) is 17.4 Å². The van der Waals surface area contributed by atoms with Crippen LogP contribution in [0.3, 0.4) is 0 Å². The number of piperidine rings is 1. The number of carbonyl (C=O) groups excluding carboxylic acids is 1. The Balaban J connectivity index is 1.47. The number of hydrogen-bond acceptors (Lipinski definition) is 2. The van der Waals surface area contributed by atoms with Gasteiger partial charge in [-0.15, -0.1) is 0 Å². The van der Waals surface area contributed by atoms with Crippen molar-refractivity contribution in [1.82, 2.24) is 4.90 Å². The van der Waals surface area contributed by atoms with Gasteiger partial charge in [0.2, 0.25) is 0 Å². The van der Waals surface area contributed by atoms with Gasteiger partial charge in [0, 0.05) is 18.8 Å². The summed E-state index contributed by atoms with van der Waals surface area (Å²) in [6, 6.07) is 16.2. The largest absolute Gasteiger partial charge is 0.497 e. The van der Waals surface area contributed by atoms with E-state index in [1.807, 2.05) is 48.2 Å². The lowest BCUT2D eigenvalue weighted by Gasteiger charge is -2.32. The van der Waals surface area contributed by atoms with E-state index in [0.717, 1.165) is 43.8 Å². The summed E-state index contributed by atoms with van der Waals surface area (Å²) >= 11 is 0. The van der Waals surface area contributed by atoms with Gasteiger partial charge in [0.25, 0.3) is 0 Å². The van der Waals surface area contributed by atoms with Crippen molar-refractivity contribution in [2.75, 3.05) is 25.5 Å². The Labute approximate surface area is 149 Å². The smallest absolute Gasteiger partial charge is 0.321 e. The van der Waals surface area contributed by atoms with Gasteiger partial charge in [-0.1, -0.05) is 29.8 Å². The fourth-order valence-corrected chi connectivity index (χ4v) is 3.27. The van der Waals surface area contributed by atoms with Gasteiger partial charge in [-0.2, -0.15) is 0 Å². The summed E-state index contributed by atoms with van der Waals surface area (Å²) in [7, 11) is 1.69. The van der Waals surface area contributed by atoms with Gasteiger partial charge in [0.1, 0.15) is 5.75 Å². The second kappa shape index (κ2) is 8.06. The maximum Gasteiger partial charge on any atom is 0.321 e. The first-order chi connectivity index (χ1) is 12.1. The molecule has 0 spiro atoms. The number of carbonyl (C=O) groups is 1. The molecular formula is C21H26N2O2. The first-order valence-corrected chi connectivity index (χ1v) is 8.89. The quantitative estimate of drug-likeness (QED) is 0.892. The van der Waals surface area contributed by atoms with Gasteiger partial charge in [0.15, 0.2) is 0 Å². The van der Waals surface area contributed by atoms with Crippen LogP contribution in [-0.4, -0.2) is 31.1 Å². The van der Waals surface area contributed by atoms with Gasteiger partial charge in [0.05, 0.1) is 7.11 Å². The Kier molecular flexibility index (Phi) is 5.59. The van der Waals surface area contributed by atoms with Crippen LogP contribution in [0.5, 0.6) is 5.75 Å². The zero-order valence-electron chi connectivity index (χ0n) is 15.0. The molecule has 0 atom stereocenters. The molecule has 1 aliphatic rings. The van der Waals surface area contributed by atoms with Crippen molar-refractivity contribution in [2.24, 2.45) is 5.92 Å². The fourth-order valence-electron chi connectivity index (χ4n) is 3.27. The van der Waals surface area contributed by atoms with E-state index in [-0.39, 0.29) is 6.03 Å². The fraction of sp³-hybridized carbons (Fsp3) is 0.381. The molecule has 0 saturated carbocycles. The zero-order valence-corrected chi connectivity index (χ0v) is 15.0. The average molecular weight is 338 g/mol. The Morgan fingerprint density at radius 3 is 2.32 bits per heavy atom. The summed E-state index contributed by atoms with van der Waals surface area (Å²) in [5, 5.41) is 2.99. The van der Waals surface area contributed by atoms with Crippen LogP contribution >= 0.6 is 0 Å². The van der Waals surface area contributed by atoms with Crippen LogP contribution in [0.2, 0.25) is 0 Å². The lowest BCUT2D eigenvalue weighted by molar-refractivity contribution is 0.182. The first-order valence-electron chi connectivity index (χ1n) is 8.89. The number of ether oxygens (including phenoxy) is 1.